The summed E-state index contributed by atoms with van der Waals surface area (Å²) in [6.07, 6.45) is 1.90. The first-order chi connectivity index (χ1) is 8.58. The van der Waals surface area contributed by atoms with E-state index >= 15 is 0 Å². The van der Waals surface area contributed by atoms with Crippen LogP contribution in [-0.2, 0) is 6.54 Å². The Morgan fingerprint density at radius 3 is 2.17 bits per heavy atom. The molecule has 1 aromatic carbocycles. The molecule has 0 bridgehead atoms. The fourth-order valence-electron chi connectivity index (χ4n) is 1.93. The minimum absolute atomic E-state index is 0.0479. The van der Waals surface area contributed by atoms with Crippen LogP contribution in [0.25, 0.3) is 0 Å². The standard InChI is InChI=1S/C14H21Cl2NO/c1-3-14(4-2,10-18)9-17-8-11-12(15)6-5-7-13(11)16/h5-7,17-18H,3-4,8-10H2,1-2H3. The highest BCUT2D eigenvalue weighted by molar-refractivity contribution is 6.35. The summed E-state index contributed by atoms with van der Waals surface area (Å²) in [6, 6.07) is 5.51. The van der Waals surface area contributed by atoms with E-state index in [0.717, 1.165) is 24.9 Å². The van der Waals surface area contributed by atoms with Gasteiger partial charge >= 0.3 is 0 Å². The van der Waals surface area contributed by atoms with Gasteiger partial charge in [-0.25, -0.2) is 0 Å². The molecule has 0 aliphatic rings. The molecule has 0 unspecified atom stereocenters. The molecule has 0 heterocycles. The van der Waals surface area contributed by atoms with E-state index in [9.17, 15) is 5.11 Å². The first kappa shape index (κ1) is 15.8. The van der Waals surface area contributed by atoms with Gasteiger partial charge in [-0.15, -0.1) is 0 Å². The Balaban J connectivity index is 2.61. The second-order valence-corrected chi connectivity index (χ2v) is 5.48. The van der Waals surface area contributed by atoms with Gasteiger partial charge in [0.25, 0.3) is 0 Å². The van der Waals surface area contributed by atoms with E-state index in [1.165, 1.54) is 0 Å². The number of halogens is 2. The molecule has 102 valence electrons. The molecule has 0 saturated heterocycles. The molecule has 1 rings (SSSR count). The second-order valence-electron chi connectivity index (χ2n) is 4.67. The average Bonchev–Trinajstić information content (AvgIpc) is 2.38. The highest BCUT2D eigenvalue weighted by Crippen LogP contribution is 2.26. The summed E-state index contributed by atoms with van der Waals surface area (Å²) >= 11 is 12.2. The Labute approximate surface area is 119 Å². The van der Waals surface area contributed by atoms with Crippen LogP contribution in [0.15, 0.2) is 18.2 Å². The van der Waals surface area contributed by atoms with Gasteiger partial charge in [0, 0.05) is 40.7 Å². The molecular formula is C14H21Cl2NO. The summed E-state index contributed by atoms with van der Waals surface area (Å²) in [7, 11) is 0. The van der Waals surface area contributed by atoms with E-state index in [4.69, 9.17) is 23.2 Å². The van der Waals surface area contributed by atoms with Gasteiger partial charge in [-0.05, 0) is 25.0 Å². The minimum Gasteiger partial charge on any atom is -0.396 e. The summed E-state index contributed by atoms with van der Waals surface area (Å²) in [5, 5.41) is 14.2. The minimum atomic E-state index is -0.0479. The Morgan fingerprint density at radius 1 is 1.17 bits per heavy atom. The SMILES string of the molecule is CCC(CC)(CO)CNCc1c(Cl)cccc1Cl. The van der Waals surface area contributed by atoms with Crippen LogP contribution in [0.1, 0.15) is 32.3 Å². The monoisotopic (exact) mass is 289 g/mol. The molecule has 2 nitrogen and oxygen atoms in total. The van der Waals surface area contributed by atoms with E-state index in [-0.39, 0.29) is 12.0 Å². The zero-order valence-electron chi connectivity index (χ0n) is 11.0. The van der Waals surface area contributed by atoms with Crippen molar-refractivity contribution in [3.63, 3.8) is 0 Å². The third-order valence-corrected chi connectivity index (χ3v) is 4.41. The van der Waals surface area contributed by atoms with Crippen molar-refractivity contribution in [2.45, 2.75) is 33.2 Å². The number of nitrogens with one attached hydrogen (secondary N) is 1. The number of aliphatic hydroxyl groups is 1. The smallest absolute Gasteiger partial charge is 0.0499 e. The first-order valence-corrected chi connectivity index (χ1v) is 7.08. The van der Waals surface area contributed by atoms with E-state index < -0.39 is 0 Å². The van der Waals surface area contributed by atoms with Crippen molar-refractivity contribution in [1.29, 1.82) is 0 Å². The maximum absolute atomic E-state index is 9.49. The topological polar surface area (TPSA) is 32.3 Å². The van der Waals surface area contributed by atoms with E-state index in [1.54, 1.807) is 0 Å². The molecule has 0 spiro atoms. The number of benzene rings is 1. The summed E-state index contributed by atoms with van der Waals surface area (Å²) in [5.41, 5.74) is 0.869. The van der Waals surface area contributed by atoms with Crippen LogP contribution in [0.2, 0.25) is 10.0 Å². The van der Waals surface area contributed by atoms with Crippen LogP contribution in [0.4, 0.5) is 0 Å². The molecule has 0 fully saturated rings. The van der Waals surface area contributed by atoms with Crippen molar-refractivity contribution in [2.75, 3.05) is 13.2 Å². The maximum Gasteiger partial charge on any atom is 0.0499 e. The van der Waals surface area contributed by atoms with Gasteiger partial charge in [0.1, 0.15) is 0 Å². The van der Waals surface area contributed by atoms with Gasteiger partial charge in [-0.3, -0.25) is 0 Å². The number of hydrogen-bond donors (Lipinski definition) is 2. The third-order valence-electron chi connectivity index (χ3n) is 3.70. The fraction of sp³-hybridized carbons (Fsp3) is 0.571. The van der Waals surface area contributed by atoms with Crippen molar-refractivity contribution < 1.29 is 5.11 Å². The van der Waals surface area contributed by atoms with Crippen molar-refractivity contribution in [3.8, 4) is 0 Å². The number of aliphatic hydroxyl groups excluding tert-OH is 1. The quantitative estimate of drug-likeness (QED) is 0.798. The molecule has 0 aromatic heterocycles. The Hall–Kier alpha value is -0.280. The van der Waals surface area contributed by atoms with Gasteiger partial charge in [-0.1, -0.05) is 43.1 Å². The van der Waals surface area contributed by atoms with Crippen LogP contribution in [0.5, 0.6) is 0 Å². The van der Waals surface area contributed by atoms with Gasteiger partial charge in [0.15, 0.2) is 0 Å². The molecule has 0 radical (unpaired) electrons. The van der Waals surface area contributed by atoms with Crippen LogP contribution in [0.3, 0.4) is 0 Å². The van der Waals surface area contributed by atoms with Crippen LogP contribution in [-0.4, -0.2) is 18.3 Å². The summed E-state index contributed by atoms with van der Waals surface area (Å²) in [6.45, 7) is 5.79. The molecule has 0 amide bonds. The normalized spacial score (nSPS) is 11.8. The maximum atomic E-state index is 9.49. The largest absolute Gasteiger partial charge is 0.396 e. The lowest BCUT2D eigenvalue weighted by molar-refractivity contribution is 0.113. The van der Waals surface area contributed by atoms with Crippen LogP contribution < -0.4 is 5.32 Å². The van der Waals surface area contributed by atoms with Crippen molar-refractivity contribution >= 4 is 23.2 Å². The van der Waals surface area contributed by atoms with E-state index in [2.05, 4.69) is 19.2 Å². The molecular weight excluding hydrogens is 269 g/mol. The molecule has 1 aromatic rings. The Kier molecular flexibility index (Phi) is 6.44. The summed E-state index contributed by atoms with van der Waals surface area (Å²) in [5.74, 6) is 0. The van der Waals surface area contributed by atoms with Gasteiger partial charge in [0.05, 0.1) is 0 Å². The highest BCUT2D eigenvalue weighted by Gasteiger charge is 2.24. The predicted octanol–water partition coefficient (Wildman–Crippen LogP) is 3.88. The molecule has 0 aliphatic carbocycles. The number of hydrogen-bond acceptors (Lipinski definition) is 2. The molecule has 18 heavy (non-hydrogen) atoms. The zero-order chi connectivity index (χ0) is 13.6. The molecule has 2 N–H and O–H groups in total. The predicted molar refractivity (Wildman–Crippen MR) is 78.3 cm³/mol. The third kappa shape index (κ3) is 3.86. The number of rotatable bonds is 7. The Morgan fingerprint density at radius 2 is 1.72 bits per heavy atom. The van der Waals surface area contributed by atoms with Crippen molar-refractivity contribution in [2.24, 2.45) is 5.41 Å². The fourth-order valence-corrected chi connectivity index (χ4v) is 2.46. The van der Waals surface area contributed by atoms with Gasteiger partial charge in [0.2, 0.25) is 0 Å². The molecule has 0 saturated carbocycles. The van der Waals surface area contributed by atoms with E-state index in [1.807, 2.05) is 18.2 Å². The van der Waals surface area contributed by atoms with Crippen molar-refractivity contribution in [3.05, 3.63) is 33.8 Å². The van der Waals surface area contributed by atoms with Crippen LogP contribution >= 0.6 is 23.2 Å². The first-order valence-electron chi connectivity index (χ1n) is 6.33. The molecule has 0 aliphatic heterocycles. The summed E-state index contributed by atoms with van der Waals surface area (Å²) < 4.78 is 0. The second kappa shape index (κ2) is 7.34. The zero-order valence-corrected chi connectivity index (χ0v) is 12.5. The highest BCUT2D eigenvalue weighted by atomic mass is 35.5. The molecule has 4 heteroatoms. The Bertz CT molecular complexity index is 350. The summed E-state index contributed by atoms with van der Waals surface area (Å²) in [4.78, 5) is 0. The lowest BCUT2D eigenvalue weighted by Gasteiger charge is -2.29. The van der Waals surface area contributed by atoms with Crippen LogP contribution in [0, 0.1) is 5.41 Å². The van der Waals surface area contributed by atoms with Crippen molar-refractivity contribution in [1.82, 2.24) is 5.32 Å². The van der Waals surface area contributed by atoms with Gasteiger partial charge in [-0.2, -0.15) is 0 Å². The average molecular weight is 290 g/mol. The van der Waals surface area contributed by atoms with Gasteiger partial charge < -0.3 is 10.4 Å². The molecule has 0 atom stereocenters. The van der Waals surface area contributed by atoms with E-state index in [0.29, 0.717) is 16.6 Å². The lowest BCUT2D eigenvalue weighted by Crippen LogP contribution is -2.36. The lowest BCUT2D eigenvalue weighted by atomic mass is 9.83.